The molecule has 0 atom stereocenters. The molecule has 29 heavy (non-hydrogen) atoms. The molecule has 2 N–H and O–H groups in total. The van der Waals surface area contributed by atoms with Crippen LogP contribution in [0.3, 0.4) is 0 Å². The van der Waals surface area contributed by atoms with Crippen LogP contribution in [0.25, 0.3) is 10.9 Å². The van der Waals surface area contributed by atoms with Crippen LogP contribution in [-0.2, 0) is 6.42 Å². The lowest BCUT2D eigenvalue weighted by molar-refractivity contribution is 0.0764. The molecule has 3 aromatic rings. The first-order valence-corrected chi connectivity index (χ1v) is 9.11. The number of carbonyl (C=O) groups is 1. The lowest BCUT2D eigenvalue weighted by Gasteiger charge is -2.23. The molecule has 2 aromatic carbocycles. The summed E-state index contributed by atoms with van der Waals surface area (Å²) in [6, 6.07) is 17.6. The van der Waals surface area contributed by atoms with E-state index in [-0.39, 0.29) is 30.7 Å². The molecule has 0 aliphatic heterocycles. The van der Waals surface area contributed by atoms with Crippen molar-refractivity contribution in [2.24, 2.45) is 5.73 Å². The number of fused-ring (bicyclic) bond motifs is 1. The Labute approximate surface area is 184 Å². The van der Waals surface area contributed by atoms with Crippen LogP contribution in [0.1, 0.15) is 21.6 Å². The van der Waals surface area contributed by atoms with E-state index in [9.17, 15) is 4.79 Å². The number of ether oxygens (including phenoxy) is 1. The number of halogens is 2. The highest BCUT2D eigenvalue weighted by Gasteiger charge is 2.19. The molecule has 0 radical (unpaired) electrons. The molecule has 3 rings (SSSR count). The summed E-state index contributed by atoms with van der Waals surface area (Å²) < 4.78 is 5.33. The number of carbonyl (C=O) groups excluding carboxylic acids is 1. The quantitative estimate of drug-likeness (QED) is 0.607. The number of methoxy groups -OCH3 is 1. The first-order valence-electron chi connectivity index (χ1n) is 9.11. The summed E-state index contributed by atoms with van der Waals surface area (Å²) in [6.45, 7) is 3.45. The van der Waals surface area contributed by atoms with Crippen molar-refractivity contribution in [2.75, 3.05) is 26.7 Å². The van der Waals surface area contributed by atoms with E-state index in [1.54, 1.807) is 7.11 Å². The van der Waals surface area contributed by atoms with E-state index in [1.807, 2.05) is 54.3 Å². The van der Waals surface area contributed by atoms with E-state index in [1.165, 1.54) is 5.56 Å². The molecule has 0 aliphatic carbocycles. The summed E-state index contributed by atoms with van der Waals surface area (Å²) >= 11 is 0. The van der Waals surface area contributed by atoms with Gasteiger partial charge in [-0.2, -0.15) is 0 Å². The summed E-state index contributed by atoms with van der Waals surface area (Å²) in [5.41, 5.74) is 9.21. The first-order chi connectivity index (χ1) is 13.1. The number of benzene rings is 2. The standard InChI is InChI=1S/C22H25N3O2.2ClH/c1-16-14-20(19-15-18(27-2)8-9-21(19)24-16)22(26)25(13-11-23)12-10-17-6-4-3-5-7-17;;/h3-9,14-15H,10-13,23H2,1-2H3;2*1H. The van der Waals surface area contributed by atoms with Crippen molar-refractivity contribution in [3.05, 3.63) is 71.4 Å². The molecule has 0 fully saturated rings. The molecule has 156 valence electrons. The number of rotatable bonds is 7. The number of pyridine rings is 1. The van der Waals surface area contributed by atoms with Crippen LogP contribution < -0.4 is 10.5 Å². The molecular formula is C22H27Cl2N3O2. The van der Waals surface area contributed by atoms with E-state index >= 15 is 0 Å². The SMILES string of the molecule is COc1ccc2nc(C)cc(C(=O)N(CCN)CCc3ccccc3)c2c1.Cl.Cl. The Hall–Kier alpha value is -2.34. The summed E-state index contributed by atoms with van der Waals surface area (Å²) in [5, 5.41) is 0.798. The summed E-state index contributed by atoms with van der Waals surface area (Å²) in [5.74, 6) is 0.678. The fourth-order valence-electron chi connectivity index (χ4n) is 3.19. The molecule has 0 saturated heterocycles. The van der Waals surface area contributed by atoms with E-state index in [0.717, 1.165) is 23.0 Å². The first kappa shape index (κ1) is 24.7. The molecule has 0 bridgehead atoms. The molecule has 5 nitrogen and oxygen atoms in total. The van der Waals surface area contributed by atoms with Gasteiger partial charge in [-0.15, -0.1) is 24.8 Å². The fraction of sp³-hybridized carbons (Fsp3) is 0.273. The minimum Gasteiger partial charge on any atom is -0.497 e. The minimum atomic E-state index is -0.0277. The lowest BCUT2D eigenvalue weighted by atomic mass is 10.1. The Morgan fingerprint density at radius 3 is 2.45 bits per heavy atom. The molecule has 0 spiro atoms. The van der Waals surface area contributed by atoms with Crippen LogP contribution in [0.5, 0.6) is 5.75 Å². The van der Waals surface area contributed by atoms with Gasteiger partial charge >= 0.3 is 0 Å². The van der Waals surface area contributed by atoms with Crippen molar-refractivity contribution in [1.82, 2.24) is 9.88 Å². The maximum Gasteiger partial charge on any atom is 0.254 e. The largest absolute Gasteiger partial charge is 0.497 e. The van der Waals surface area contributed by atoms with Crippen LogP contribution >= 0.6 is 24.8 Å². The van der Waals surface area contributed by atoms with Crippen LogP contribution in [0.4, 0.5) is 0 Å². The number of aryl methyl sites for hydroxylation is 1. The Balaban J connectivity index is 0.00000210. The zero-order chi connectivity index (χ0) is 19.2. The van der Waals surface area contributed by atoms with Gasteiger partial charge in [0.2, 0.25) is 0 Å². The summed E-state index contributed by atoms with van der Waals surface area (Å²) in [7, 11) is 1.62. The third-order valence-corrected chi connectivity index (χ3v) is 4.57. The lowest BCUT2D eigenvalue weighted by Crippen LogP contribution is -2.37. The van der Waals surface area contributed by atoms with Gasteiger partial charge in [-0.1, -0.05) is 30.3 Å². The average Bonchev–Trinajstić information content (AvgIpc) is 2.70. The second-order valence-corrected chi connectivity index (χ2v) is 6.51. The van der Waals surface area contributed by atoms with Gasteiger partial charge in [0.25, 0.3) is 5.91 Å². The van der Waals surface area contributed by atoms with Gasteiger partial charge in [-0.05, 0) is 43.2 Å². The topological polar surface area (TPSA) is 68.5 Å². The molecule has 7 heteroatoms. The van der Waals surface area contributed by atoms with E-state index in [4.69, 9.17) is 10.5 Å². The highest BCUT2D eigenvalue weighted by atomic mass is 35.5. The zero-order valence-corrected chi connectivity index (χ0v) is 18.3. The zero-order valence-electron chi connectivity index (χ0n) is 16.6. The van der Waals surface area contributed by atoms with E-state index in [0.29, 0.717) is 30.9 Å². The summed E-state index contributed by atoms with van der Waals surface area (Å²) in [6.07, 6.45) is 0.790. The Morgan fingerprint density at radius 2 is 1.79 bits per heavy atom. The van der Waals surface area contributed by atoms with Crippen molar-refractivity contribution in [2.45, 2.75) is 13.3 Å². The maximum atomic E-state index is 13.3. The normalized spacial score (nSPS) is 10.0. The second kappa shape index (κ2) is 11.6. The Bertz CT molecular complexity index is 936. The van der Waals surface area contributed by atoms with Gasteiger partial charge in [0, 0.05) is 30.7 Å². The second-order valence-electron chi connectivity index (χ2n) is 6.51. The van der Waals surface area contributed by atoms with E-state index < -0.39 is 0 Å². The van der Waals surface area contributed by atoms with Crippen LogP contribution in [0.2, 0.25) is 0 Å². The molecule has 1 amide bonds. The third kappa shape index (κ3) is 6.07. The van der Waals surface area contributed by atoms with Gasteiger partial charge in [0.05, 0.1) is 18.2 Å². The van der Waals surface area contributed by atoms with Crippen LogP contribution in [0.15, 0.2) is 54.6 Å². The van der Waals surface area contributed by atoms with Crippen LogP contribution in [0, 0.1) is 6.92 Å². The maximum absolute atomic E-state index is 13.3. The number of nitrogens with two attached hydrogens (primary N) is 1. The highest BCUT2D eigenvalue weighted by Crippen LogP contribution is 2.25. The number of amides is 1. The van der Waals surface area contributed by atoms with Crippen molar-refractivity contribution in [3.8, 4) is 5.75 Å². The summed E-state index contributed by atoms with van der Waals surface area (Å²) in [4.78, 5) is 19.7. The predicted molar refractivity (Wildman–Crippen MR) is 123 cm³/mol. The Morgan fingerprint density at radius 1 is 1.07 bits per heavy atom. The number of aromatic nitrogens is 1. The fourth-order valence-corrected chi connectivity index (χ4v) is 3.19. The molecule has 0 saturated carbocycles. The van der Waals surface area contributed by atoms with Gasteiger partial charge in [-0.25, -0.2) is 0 Å². The average molecular weight is 436 g/mol. The van der Waals surface area contributed by atoms with Gasteiger partial charge in [-0.3, -0.25) is 9.78 Å². The Kier molecular flexibility index (Phi) is 9.89. The number of hydrogen-bond acceptors (Lipinski definition) is 4. The monoisotopic (exact) mass is 435 g/mol. The van der Waals surface area contributed by atoms with Crippen LogP contribution in [-0.4, -0.2) is 42.5 Å². The third-order valence-electron chi connectivity index (χ3n) is 4.57. The smallest absolute Gasteiger partial charge is 0.254 e. The molecular weight excluding hydrogens is 409 g/mol. The van der Waals surface area contributed by atoms with Crippen molar-refractivity contribution < 1.29 is 9.53 Å². The minimum absolute atomic E-state index is 0. The molecule has 1 aromatic heterocycles. The van der Waals surface area contributed by atoms with E-state index in [2.05, 4.69) is 17.1 Å². The molecule has 0 aliphatic rings. The predicted octanol–water partition coefficient (Wildman–Crippen LogP) is 4.04. The van der Waals surface area contributed by atoms with Crippen molar-refractivity contribution >= 4 is 41.6 Å². The number of hydrogen-bond donors (Lipinski definition) is 1. The highest BCUT2D eigenvalue weighted by molar-refractivity contribution is 6.06. The van der Waals surface area contributed by atoms with Gasteiger partial charge in [0.15, 0.2) is 0 Å². The molecule has 0 unspecified atom stereocenters. The van der Waals surface area contributed by atoms with Gasteiger partial charge in [0.1, 0.15) is 5.75 Å². The molecule has 1 heterocycles. The van der Waals surface area contributed by atoms with Crippen molar-refractivity contribution in [1.29, 1.82) is 0 Å². The van der Waals surface area contributed by atoms with Gasteiger partial charge < -0.3 is 15.4 Å². The van der Waals surface area contributed by atoms with Crippen molar-refractivity contribution in [3.63, 3.8) is 0 Å². The number of nitrogens with zero attached hydrogens (tertiary/aromatic N) is 2.